The number of hydrogen-bond acceptors (Lipinski definition) is 4. The lowest BCUT2D eigenvalue weighted by Gasteiger charge is -2.36. The molecule has 1 aliphatic heterocycles. The summed E-state index contributed by atoms with van der Waals surface area (Å²) in [6.07, 6.45) is 2.73. The lowest BCUT2D eigenvalue weighted by atomic mass is 10.2. The number of nitrogens with zero attached hydrogens (tertiary/aromatic N) is 2. The number of hydrazine groups is 1. The van der Waals surface area contributed by atoms with Crippen molar-refractivity contribution in [1.29, 1.82) is 0 Å². The van der Waals surface area contributed by atoms with Crippen LogP contribution in [0, 0.1) is 0 Å². The zero-order valence-corrected chi connectivity index (χ0v) is 12.6. The van der Waals surface area contributed by atoms with Crippen LogP contribution >= 0.6 is 0 Å². The summed E-state index contributed by atoms with van der Waals surface area (Å²) < 4.78 is 5.24. The summed E-state index contributed by atoms with van der Waals surface area (Å²) in [5.41, 5.74) is 4.22. The van der Waals surface area contributed by atoms with Crippen LogP contribution in [0.25, 0.3) is 0 Å². The lowest BCUT2D eigenvalue weighted by Crippen LogP contribution is -2.53. The van der Waals surface area contributed by atoms with Crippen molar-refractivity contribution in [2.45, 2.75) is 12.8 Å². The van der Waals surface area contributed by atoms with E-state index >= 15 is 0 Å². The van der Waals surface area contributed by atoms with Crippen molar-refractivity contribution in [2.24, 2.45) is 0 Å². The van der Waals surface area contributed by atoms with E-state index in [0.717, 1.165) is 31.9 Å². The first-order chi connectivity index (χ1) is 10.8. The minimum atomic E-state index is 0.0459. The van der Waals surface area contributed by atoms with Gasteiger partial charge in [-0.05, 0) is 24.3 Å². The van der Waals surface area contributed by atoms with E-state index < -0.39 is 0 Å². The largest absolute Gasteiger partial charge is 0.469 e. The number of rotatable bonds is 5. The van der Waals surface area contributed by atoms with Crippen LogP contribution in [0.15, 0.2) is 53.1 Å². The molecule has 1 fully saturated rings. The molecule has 3 rings (SSSR count). The Hall–Kier alpha value is -2.27. The zero-order valence-electron chi connectivity index (χ0n) is 12.6. The van der Waals surface area contributed by atoms with Gasteiger partial charge in [-0.1, -0.05) is 18.2 Å². The normalized spacial score (nSPS) is 15.7. The Morgan fingerprint density at radius 3 is 2.50 bits per heavy atom. The van der Waals surface area contributed by atoms with Crippen LogP contribution < -0.4 is 10.3 Å². The first kappa shape index (κ1) is 14.7. The molecule has 2 heterocycles. The number of furan rings is 1. The van der Waals surface area contributed by atoms with Crippen LogP contribution in [0.1, 0.15) is 12.2 Å². The average molecular weight is 299 g/mol. The molecule has 0 saturated carbocycles. The monoisotopic (exact) mass is 299 g/mol. The summed E-state index contributed by atoms with van der Waals surface area (Å²) in [5, 5.41) is 2.00. The molecular weight excluding hydrogens is 278 g/mol. The van der Waals surface area contributed by atoms with Gasteiger partial charge in [0.05, 0.1) is 6.26 Å². The third kappa shape index (κ3) is 3.89. The molecule has 1 aromatic carbocycles. The predicted molar refractivity (Wildman–Crippen MR) is 85.4 cm³/mol. The van der Waals surface area contributed by atoms with Crippen molar-refractivity contribution in [3.05, 3.63) is 54.5 Å². The number of aryl methyl sites for hydroxylation is 1. The molecule has 1 aliphatic rings. The Kier molecular flexibility index (Phi) is 4.75. The molecule has 0 aliphatic carbocycles. The van der Waals surface area contributed by atoms with Crippen molar-refractivity contribution in [2.75, 3.05) is 31.1 Å². The molecule has 22 heavy (non-hydrogen) atoms. The molecule has 1 saturated heterocycles. The van der Waals surface area contributed by atoms with Crippen LogP contribution in [0.2, 0.25) is 0 Å². The molecule has 0 radical (unpaired) electrons. The van der Waals surface area contributed by atoms with Gasteiger partial charge in [-0.15, -0.1) is 0 Å². The number of nitrogens with one attached hydrogen (secondary N) is 1. The summed E-state index contributed by atoms with van der Waals surface area (Å²) in [7, 11) is 0. The average Bonchev–Trinajstić information content (AvgIpc) is 3.08. The molecule has 0 bridgehead atoms. The topological polar surface area (TPSA) is 48.7 Å². The Labute approximate surface area is 130 Å². The van der Waals surface area contributed by atoms with Gasteiger partial charge in [0.1, 0.15) is 5.76 Å². The van der Waals surface area contributed by atoms with Crippen molar-refractivity contribution in [3.63, 3.8) is 0 Å². The molecule has 0 atom stereocenters. The summed E-state index contributed by atoms with van der Waals surface area (Å²) >= 11 is 0. The minimum Gasteiger partial charge on any atom is -0.469 e. The third-order valence-electron chi connectivity index (χ3n) is 3.86. The van der Waals surface area contributed by atoms with Crippen LogP contribution in [-0.4, -0.2) is 37.1 Å². The first-order valence-electron chi connectivity index (χ1n) is 7.68. The summed E-state index contributed by atoms with van der Waals surface area (Å²) in [4.78, 5) is 14.3. The van der Waals surface area contributed by atoms with Gasteiger partial charge in [0.2, 0.25) is 5.91 Å². The van der Waals surface area contributed by atoms with Crippen LogP contribution in [0.3, 0.4) is 0 Å². The van der Waals surface area contributed by atoms with Crippen LogP contribution in [0.4, 0.5) is 5.69 Å². The molecule has 1 N–H and O–H groups in total. The number of carbonyl (C=O) groups excluding carboxylic acids is 1. The lowest BCUT2D eigenvalue weighted by molar-refractivity contribution is -0.126. The number of hydrogen-bond donors (Lipinski definition) is 1. The Morgan fingerprint density at radius 1 is 1.05 bits per heavy atom. The second-order valence-electron chi connectivity index (χ2n) is 5.42. The molecule has 116 valence electrons. The molecular formula is C17H21N3O2. The molecule has 0 spiro atoms. The fourth-order valence-electron chi connectivity index (χ4n) is 2.64. The molecule has 2 aromatic rings. The smallest absolute Gasteiger partial charge is 0.234 e. The molecule has 5 nitrogen and oxygen atoms in total. The fourth-order valence-corrected chi connectivity index (χ4v) is 2.64. The second-order valence-corrected chi connectivity index (χ2v) is 5.42. The van der Waals surface area contributed by atoms with Gasteiger partial charge in [0, 0.05) is 44.7 Å². The maximum absolute atomic E-state index is 11.9. The number of piperazine rings is 1. The van der Waals surface area contributed by atoms with Crippen molar-refractivity contribution < 1.29 is 9.21 Å². The SMILES string of the molecule is O=C(CCc1ccco1)NN1CCN(c2ccccc2)CC1. The number of carbonyl (C=O) groups is 1. The van der Waals surface area contributed by atoms with Gasteiger partial charge < -0.3 is 9.32 Å². The zero-order chi connectivity index (χ0) is 15.2. The van der Waals surface area contributed by atoms with E-state index in [1.54, 1.807) is 6.26 Å². The van der Waals surface area contributed by atoms with E-state index in [1.165, 1.54) is 5.69 Å². The quantitative estimate of drug-likeness (QED) is 0.918. The van der Waals surface area contributed by atoms with Gasteiger partial charge in [0.25, 0.3) is 0 Å². The molecule has 1 aromatic heterocycles. The number of benzene rings is 1. The Morgan fingerprint density at radius 2 is 1.82 bits per heavy atom. The van der Waals surface area contributed by atoms with E-state index in [0.29, 0.717) is 12.8 Å². The second kappa shape index (κ2) is 7.13. The highest BCUT2D eigenvalue weighted by Crippen LogP contribution is 2.14. The third-order valence-corrected chi connectivity index (χ3v) is 3.86. The van der Waals surface area contributed by atoms with Gasteiger partial charge >= 0.3 is 0 Å². The Balaban J connectivity index is 1.41. The summed E-state index contributed by atoms with van der Waals surface area (Å²) in [6, 6.07) is 14.1. The minimum absolute atomic E-state index is 0.0459. The van der Waals surface area contributed by atoms with Gasteiger partial charge in [-0.3, -0.25) is 10.2 Å². The maximum Gasteiger partial charge on any atom is 0.234 e. The van der Waals surface area contributed by atoms with E-state index in [2.05, 4.69) is 34.6 Å². The fraction of sp³-hybridized carbons (Fsp3) is 0.353. The predicted octanol–water partition coefficient (Wildman–Crippen LogP) is 2.07. The molecule has 0 unspecified atom stereocenters. The highest BCUT2D eigenvalue weighted by atomic mass is 16.3. The number of anilines is 1. The molecule has 1 amide bonds. The maximum atomic E-state index is 11.9. The van der Waals surface area contributed by atoms with E-state index in [-0.39, 0.29) is 5.91 Å². The number of amides is 1. The van der Waals surface area contributed by atoms with E-state index in [1.807, 2.05) is 23.2 Å². The van der Waals surface area contributed by atoms with Crippen molar-refractivity contribution in [1.82, 2.24) is 10.4 Å². The van der Waals surface area contributed by atoms with Crippen LogP contribution in [0.5, 0.6) is 0 Å². The summed E-state index contributed by atoms with van der Waals surface area (Å²) in [6.45, 7) is 3.51. The van der Waals surface area contributed by atoms with Gasteiger partial charge in [-0.2, -0.15) is 0 Å². The number of para-hydroxylation sites is 1. The van der Waals surface area contributed by atoms with Crippen molar-refractivity contribution in [3.8, 4) is 0 Å². The highest BCUT2D eigenvalue weighted by Gasteiger charge is 2.18. The van der Waals surface area contributed by atoms with E-state index in [4.69, 9.17) is 4.42 Å². The Bertz CT molecular complexity index is 575. The molecule has 5 heteroatoms. The summed E-state index contributed by atoms with van der Waals surface area (Å²) in [5.74, 6) is 0.897. The first-order valence-corrected chi connectivity index (χ1v) is 7.68. The standard InChI is InChI=1S/C17H21N3O2/c21-17(9-8-16-7-4-14-22-16)18-20-12-10-19(11-13-20)15-5-2-1-3-6-15/h1-7,14H,8-13H2,(H,18,21). The van der Waals surface area contributed by atoms with Gasteiger partial charge in [0.15, 0.2) is 0 Å². The van der Waals surface area contributed by atoms with Gasteiger partial charge in [-0.25, -0.2) is 5.01 Å². The van der Waals surface area contributed by atoms with E-state index in [9.17, 15) is 4.79 Å². The van der Waals surface area contributed by atoms with Crippen LogP contribution in [-0.2, 0) is 11.2 Å². The van der Waals surface area contributed by atoms with Crippen molar-refractivity contribution >= 4 is 11.6 Å². The highest BCUT2D eigenvalue weighted by molar-refractivity contribution is 5.75.